The third-order valence-corrected chi connectivity index (χ3v) is 2.92. The van der Waals surface area contributed by atoms with Crippen LogP contribution in [0.25, 0.3) is 0 Å². The Morgan fingerprint density at radius 1 is 1.38 bits per heavy atom. The van der Waals surface area contributed by atoms with E-state index in [4.69, 9.17) is 0 Å². The molecule has 0 spiro atoms. The minimum absolute atomic E-state index is 0.0682. The number of hydrogen-bond donors (Lipinski definition) is 2. The summed E-state index contributed by atoms with van der Waals surface area (Å²) in [6, 6.07) is 6.23. The summed E-state index contributed by atoms with van der Waals surface area (Å²) in [6.45, 7) is 1.73. The molecule has 1 aromatic heterocycles. The Bertz CT molecular complexity index is 693. The van der Waals surface area contributed by atoms with Crippen LogP contribution in [0.3, 0.4) is 0 Å². The Morgan fingerprint density at radius 2 is 2.05 bits per heavy atom. The number of aromatic amines is 1. The van der Waals surface area contributed by atoms with Gasteiger partial charge in [-0.2, -0.15) is 5.10 Å². The number of nitrogens with zero attached hydrogens (tertiary/aromatic N) is 3. The fourth-order valence-corrected chi connectivity index (χ4v) is 1.82. The van der Waals surface area contributed by atoms with Crippen LogP contribution in [-0.4, -0.2) is 40.0 Å². The lowest BCUT2D eigenvalue weighted by atomic mass is 10.2. The molecule has 1 heterocycles. The topological polar surface area (TPSA) is 104 Å². The van der Waals surface area contributed by atoms with Gasteiger partial charge < -0.3 is 10.2 Å². The number of carbonyl (C=O) groups is 1. The number of aryl methyl sites for hydroxylation is 1. The maximum atomic E-state index is 12.1. The van der Waals surface area contributed by atoms with Crippen molar-refractivity contribution >= 4 is 23.0 Å². The number of aromatic nitrogens is 2. The average Bonchev–Trinajstić information content (AvgIpc) is 2.79. The van der Waals surface area contributed by atoms with Crippen LogP contribution in [0.5, 0.6) is 0 Å². The van der Waals surface area contributed by atoms with Gasteiger partial charge in [-0.3, -0.25) is 20.0 Å². The third-order valence-electron chi connectivity index (χ3n) is 2.92. The van der Waals surface area contributed by atoms with E-state index in [1.165, 1.54) is 11.0 Å². The number of nitro groups is 1. The zero-order valence-corrected chi connectivity index (χ0v) is 11.9. The highest BCUT2D eigenvalue weighted by atomic mass is 16.6. The molecule has 0 unspecified atom stereocenters. The molecule has 0 fully saturated rings. The van der Waals surface area contributed by atoms with Crippen molar-refractivity contribution in [2.75, 3.05) is 19.4 Å². The van der Waals surface area contributed by atoms with Gasteiger partial charge in [0.1, 0.15) is 5.69 Å². The Kier molecular flexibility index (Phi) is 3.88. The van der Waals surface area contributed by atoms with E-state index in [9.17, 15) is 14.9 Å². The van der Waals surface area contributed by atoms with Crippen molar-refractivity contribution in [3.05, 3.63) is 45.8 Å². The minimum Gasteiger partial charge on any atom is -0.346 e. The summed E-state index contributed by atoms with van der Waals surface area (Å²) in [5.74, 6) is -0.291. The molecule has 2 N–H and O–H groups in total. The van der Waals surface area contributed by atoms with Crippen molar-refractivity contribution < 1.29 is 9.72 Å². The van der Waals surface area contributed by atoms with Crippen molar-refractivity contribution in [2.45, 2.75) is 6.92 Å². The van der Waals surface area contributed by atoms with E-state index in [0.29, 0.717) is 17.1 Å². The number of para-hydroxylation sites is 2. The first-order valence-electron chi connectivity index (χ1n) is 6.19. The number of H-pyrrole nitrogens is 1. The number of amides is 1. The van der Waals surface area contributed by atoms with E-state index in [1.807, 2.05) is 0 Å². The Morgan fingerprint density at radius 3 is 2.67 bits per heavy atom. The fourth-order valence-electron chi connectivity index (χ4n) is 1.82. The molecule has 0 aliphatic rings. The first-order chi connectivity index (χ1) is 9.91. The van der Waals surface area contributed by atoms with E-state index >= 15 is 0 Å². The van der Waals surface area contributed by atoms with Crippen LogP contribution in [0.2, 0.25) is 0 Å². The number of anilines is 2. The number of nitrogens with one attached hydrogen (secondary N) is 2. The van der Waals surface area contributed by atoms with Gasteiger partial charge >= 0.3 is 0 Å². The van der Waals surface area contributed by atoms with Gasteiger partial charge in [0.2, 0.25) is 0 Å². The predicted molar refractivity (Wildman–Crippen MR) is 77.7 cm³/mol. The third kappa shape index (κ3) is 2.83. The van der Waals surface area contributed by atoms with Crippen LogP contribution in [0.1, 0.15) is 16.2 Å². The van der Waals surface area contributed by atoms with Crippen molar-refractivity contribution in [3.8, 4) is 0 Å². The fraction of sp³-hybridized carbons (Fsp3) is 0.231. The van der Waals surface area contributed by atoms with E-state index < -0.39 is 4.92 Å². The largest absolute Gasteiger partial charge is 0.346 e. The monoisotopic (exact) mass is 289 g/mol. The van der Waals surface area contributed by atoms with Crippen molar-refractivity contribution in [1.82, 2.24) is 15.1 Å². The number of rotatable bonds is 4. The summed E-state index contributed by atoms with van der Waals surface area (Å²) in [6.07, 6.45) is 0. The van der Waals surface area contributed by atoms with Gasteiger partial charge in [0.05, 0.1) is 16.3 Å². The van der Waals surface area contributed by atoms with Gasteiger partial charge in [-0.25, -0.2) is 0 Å². The molecule has 8 heteroatoms. The quantitative estimate of drug-likeness (QED) is 0.662. The molecule has 1 aromatic carbocycles. The molecule has 0 aliphatic heterocycles. The summed E-state index contributed by atoms with van der Waals surface area (Å²) in [5, 5.41) is 20.6. The average molecular weight is 289 g/mol. The molecule has 2 aromatic rings. The van der Waals surface area contributed by atoms with E-state index in [0.717, 1.165) is 0 Å². The first kappa shape index (κ1) is 14.5. The molecule has 1 amide bonds. The van der Waals surface area contributed by atoms with Crippen molar-refractivity contribution in [2.24, 2.45) is 0 Å². The normalized spacial score (nSPS) is 10.2. The first-order valence-corrected chi connectivity index (χ1v) is 6.19. The molecule has 0 saturated heterocycles. The molecular weight excluding hydrogens is 274 g/mol. The van der Waals surface area contributed by atoms with Gasteiger partial charge in [-0.1, -0.05) is 12.1 Å². The second-order valence-corrected chi connectivity index (χ2v) is 4.67. The van der Waals surface area contributed by atoms with Crippen LogP contribution < -0.4 is 5.32 Å². The molecule has 0 saturated carbocycles. The molecular formula is C13H15N5O3. The van der Waals surface area contributed by atoms with E-state index in [1.54, 1.807) is 39.2 Å². The van der Waals surface area contributed by atoms with Crippen LogP contribution in [0.15, 0.2) is 24.3 Å². The lowest BCUT2D eigenvalue weighted by molar-refractivity contribution is -0.383. The zero-order valence-electron chi connectivity index (χ0n) is 11.9. The Hall–Kier alpha value is -2.90. The van der Waals surface area contributed by atoms with Crippen LogP contribution >= 0.6 is 0 Å². The molecule has 8 nitrogen and oxygen atoms in total. The highest BCUT2D eigenvalue weighted by Gasteiger charge is 2.21. The number of nitro benzene ring substituents is 1. The predicted octanol–water partition coefficient (Wildman–Crippen LogP) is 2.07. The smallest absolute Gasteiger partial charge is 0.292 e. The summed E-state index contributed by atoms with van der Waals surface area (Å²) < 4.78 is 0. The molecule has 0 radical (unpaired) electrons. The van der Waals surface area contributed by atoms with Gasteiger partial charge in [0.25, 0.3) is 11.6 Å². The summed E-state index contributed by atoms with van der Waals surface area (Å²) in [7, 11) is 3.22. The molecule has 0 aliphatic carbocycles. The summed E-state index contributed by atoms with van der Waals surface area (Å²) >= 11 is 0. The van der Waals surface area contributed by atoms with Gasteiger partial charge in [0, 0.05) is 20.2 Å². The lowest BCUT2D eigenvalue weighted by Crippen LogP contribution is -2.23. The number of carbonyl (C=O) groups excluding carboxylic acids is 1. The summed E-state index contributed by atoms with van der Waals surface area (Å²) in [4.78, 5) is 24.0. The van der Waals surface area contributed by atoms with Gasteiger partial charge in [0.15, 0.2) is 5.69 Å². The van der Waals surface area contributed by atoms with Gasteiger partial charge in [-0.15, -0.1) is 0 Å². The highest BCUT2D eigenvalue weighted by molar-refractivity contribution is 5.99. The highest BCUT2D eigenvalue weighted by Crippen LogP contribution is 2.29. The van der Waals surface area contributed by atoms with E-state index in [2.05, 4.69) is 15.5 Å². The van der Waals surface area contributed by atoms with Crippen LogP contribution in [0.4, 0.5) is 17.1 Å². The molecule has 110 valence electrons. The second-order valence-electron chi connectivity index (χ2n) is 4.67. The number of hydrogen-bond acceptors (Lipinski definition) is 5. The molecule has 0 bridgehead atoms. The van der Waals surface area contributed by atoms with Crippen LogP contribution in [0, 0.1) is 17.0 Å². The molecule has 2 rings (SSSR count). The maximum absolute atomic E-state index is 12.1. The molecule has 0 atom stereocenters. The Labute approximate surface area is 120 Å². The summed E-state index contributed by atoms with van der Waals surface area (Å²) in [5.41, 5.74) is 1.48. The second kappa shape index (κ2) is 5.61. The molecule has 21 heavy (non-hydrogen) atoms. The van der Waals surface area contributed by atoms with E-state index in [-0.39, 0.29) is 17.3 Å². The maximum Gasteiger partial charge on any atom is 0.292 e. The standard InChI is InChI=1S/C13H15N5O3/c1-8-11(12(16-15-8)13(19)17(2)3)14-9-6-4-5-7-10(9)18(20)21/h4-7,14H,1-3H3,(H,15,16). The minimum atomic E-state index is -0.481. The van der Waals surface area contributed by atoms with Crippen molar-refractivity contribution in [1.29, 1.82) is 0 Å². The zero-order chi connectivity index (χ0) is 15.6. The van der Waals surface area contributed by atoms with Gasteiger partial charge in [-0.05, 0) is 13.0 Å². The Balaban J connectivity index is 2.43. The SMILES string of the molecule is Cc1[nH]nc(C(=O)N(C)C)c1Nc1ccccc1[N+](=O)[O-]. The lowest BCUT2D eigenvalue weighted by Gasteiger charge is -2.11. The van der Waals surface area contributed by atoms with Crippen molar-refractivity contribution in [3.63, 3.8) is 0 Å². The van der Waals surface area contributed by atoms with Crippen LogP contribution in [-0.2, 0) is 0 Å². The number of benzene rings is 1.